The zero-order valence-corrected chi connectivity index (χ0v) is 24.7. The fourth-order valence-electron chi connectivity index (χ4n) is 5.45. The number of anilines is 1. The predicted octanol–water partition coefficient (Wildman–Crippen LogP) is 2.63. The van der Waals surface area contributed by atoms with E-state index in [9.17, 15) is 14.7 Å². The van der Waals surface area contributed by atoms with Crippen LogP contribution in [-0.2, 0) is 32.2 Å². The molecule has 3 aromatic rings. The van der Waals surface area contributed by atoms with E-state index in [4.69, 9.17) is 14.7 Å². The Morgan fingerprint density at radius 1 is 0.864 bits per heavy atom. The Morgan fingerprint density at radius 3 is 2.20 bits per heavy atom. The van der Waals surface area contributed by atoms with Gasteiger partial charge in [-0.25, -0.2) is 15.4 Å². The number of amides is 2. The largest absolute Gasteiger partial charge is 0.392 e. The number of hydrogen-bond donors (Lipinski definition) is 4. The van der Waals surface area contributed by atoms with Crippen molar-refractivity contribution in [2.75, 3.05) is 37.6 Å². The second-order valence-corrected chi connectivity index (χ2v) is 11.1. The summed E-state index contributed by atoms with van der Waals surface area (Å²) < 4.78 is 13.0. The van der Waals surface area contributed by atoms with Crippen molar-refractivity contribution in [1.29, 1.82) is 0 Å². The molecule has 0 radical (unpaired) electrons. The van der Waals surface area contributed by atoms with Crippen LogP contribution in [0, 0.1) is 0 Å². The quantitative estimate of drug-likeness (QED) is 0.180. The van der Waals surface area contributed by atoms with E-state index in [2.05, 4.69) is 25.1 Å². The number of carbonyl (C=O) groups excluding carboxylic acids is 2. The minimum Gasteiger partial charge on any atom is -0.392 e. The lowest BCUT2D eigenvalue weighted by atomic mass is 9.99. The van der Waals surface area contributed by atoms with Crippen LogP contribution in [0.1, 0.15) is 60.3 Å². The maximum absolute atomic E-state index is 12.1. The van der Waals surface area contributed by atoms with Gasteiger partial charge >= 0.3 is 0 Å². The summed E-state index contributed by atoms with van der Waals surface area (Å²) in [6.45, 7) is 4.59. The van der Waals surface area contributed by atoms with Crippen LogP contribution in [-0.4, -0.2) is 75.8 Å². The van der Waals surface area contributed by atoms with E-state index >= 15 is 0 Å². The van der Waals surface area contributed by atoms with E-state index in [0.717, 1.165) is 60.9 Å². The number of hydroxylamine groups is 1. The van der Waals surface area contributed by atoms with E-state index in [0.29, 0.717) is 19.4 Å². The van der Waals surface area contributed by atoms with Gasteiger partial charge < -0.3 is 24.8 Å². The van der Waals surface area contributed by atoms with E-state index in [1.54, 1.807) is 17.9 Å². The van der Waals surface area contributed by atoms with Crippen molar-refractivity contribution in [1.82, 2.24) is 25.7 Å². The van der Waals surface area contributed by atoms with E-state index in [1.807, 2.05) is 54.6 Å². The molecule has 2 aliphatic rings. The fraction of sp³-hybridized carbons (Fsp3) is 0.438. The van der Waals surface area contributed by atoms with Gasteiger partial charge in [0, 0.05) is 76.5 Å². The highest BCUT2D eigenvalue weighted by atomic mass is 16.7. The van der Waals surface area contributed by atoms with Gasteiger partial charge in [0.05, 0.1) is 18.8 Å². The van der Waals surface area contributed by atoms with Crippen molar-refractivity contribution in [3.63, 3.8) is 0 Å². The number of carbonyl (C=O) groups is 2. The van der Waals surface area contributed by atoms with Gasteiger partial charge in [0.2, 0.25) is 17.8 Å². The maximum atomic E-state index is 12.1. The topological polar surface area (TPSA) is 149 Å². The molecule has 2 amide bonds. The normalized spacial score (nSPS) is 20.7. The van der Waals surface area contributed by atoms with E-state index in [-0.39, 0.29) is 37.6 Å². The molecule has 3 heterocycles. The van der Waals surface area contributed by atoms with Crippen LogP contribution in [0.3, 0.4) is 0 Å². The molecule has 2 aromatic carbocycles. The second-order valence-electron chi connectivity index (χ2n) is 11.1. The highest BCUT2D eigenvalue weighted by Gasteiger charge is 2.34. The number of ether oxygens (including phenoxy) is 2. The molecule has 5 rings (SSSR count). The van der Waals surface area contributed by atoms with Crippen molar-refractivity contribution >= 4 is 17.8 Å². The Hall–Kier alpha value is -3.94. The summed E-state index contributed by atoms with van der Waals surface area (Å²) in [5.41, 5.74) is 5.29. The number of benzene rings is 2. The third-order valence-corrected chi connectivity index (χ3v) is 7.96. The van der Waals surface area contributed by atoms with Crippen LogP contribution in [0.15, 0.2) is 67.0 Å². The molecule has 3 atom stereocenters. The summed E-state index contributed by atoms with van der Waals surface area (Å²) in [5.74, 6) is 0.0951. The van der Waals surface area contributed by atoms with Crippen LogP contribution >= 0.6 is 0 Å². The standard InChI is InChI=1S/C32H40N6O6/c39-22-24-7-9-25(10-8-24)28-19-27(21-37-15-17-38(18-16-37)32-33-13-2-14-34-32)43-31(44-28)26-11-5-23(6-12-26)20-35-29(40)3-1-4-30(41)36-42/h2,5-14,27-28,31,39,42H,1,3-4,15-22H2,(H,35,40)(H,36,41)/t27-,28+,31+/m0/s1. The molecule has 44 heavy (non-hydrogen) atoms. The van der Waals surface area contributed by atoms with Crippen LogP contribution in [0.2, 0.25) is 0 Å². The van der Waals surface area contributed by atoms with Gasteiger partial charge in [0.15, 0.2) is 6.29 Å². The average molecular weight is 605 g/mol. The third-order valence-electron chi connectivity index (χ3n) is 7.96. The second kappa shape index (κ2) is 15.7. The van der Waals surface area contributed by atoms with Crippen molar-refractivity contribution in [3.05, 3.63) is 89.2 Å². The van der Waals surface area contributed by atoms with Crippen molar-refractivity contribution in [2.45, 2.75) is 57.3 Å². The molecule has 0 spiro atoms. The van der Waals surface area contributed by atoms with Gasteiger partial charge in [0.25, 0.3) is 0 Å². The number of nitrogens with one attached hydrogen (secondary N) is 2. The number of aromatic nitrogens is 2. The first-order valence-corrected chi connectivity index (χ1v) is 15.0. The number of aliphatic hydroxyl groups excluding tert-OH is 1. The monoisotopic (exact) mass is 604 g/mol. The molecule has 4 N–H and O–H groups in total. The molecule has 234 valence electrons. The third kappa shape index (κ3) is 8.80. The summed E-state index contributed by atoms with van der Waals surface area (Å²) >= 11 is 0. The lowest BCUT2D eigenvalue weighted by Crippen LogP contribution is -2.50. The van der Waals surface area contributed by atoms with Crippen LogP contribution in [0.5, 0.6) is 0 Å². The lowest BCUT2D eigenvalue weighted by molar-refractivity contribution is -0.253. The molecule has 12 nitrogen and oxygen atoms in total. The minimum atomic E-state index is -0.559. The smallest absolute Gasteiger partial charge is 0.243 e. The Kier molecular flexibility index (Phi) is 11.2. The van der Waals surface area contributed by atoms with Crippen molar-refractivity contribution in [3.8, 4) is 0 Å². The molecular formula is C32H40N6O6. The van der Waals surface area contributed by atoms with Gasteiger partial charge in [0.1, 0.15) is 0 Å². The molecule has 1 aromatic heterocycles. The summed E-state index contributed by atoms with van der Waals surface area (Å²) in [6.07, 6.45) is 4.11. The molecular weight excluding hydrogens is 564 g/mol. The SMILES string of the molecule is O=C(CCCC(=O)NCc1ccc([C@@H]2O[C@H](CN3CCN(c4ncccn4)CC3)C[C@H](c3ccc(CO)cc3)O2)cc1)NO. The lowest BCUT2D eigenvalue weighted by Gasteiger charge is -2.40. The van der Waals surface area contributed by atoms with Gasteiger partial charge in [-0.05, 0) is 29.2 Å². The van der Waals surface area contributed by atoms with Gasteiger partial charge in [-0.15, -0.1) is 0 Å². The first-order valence-electron chi connectivity index (χ1n) is 15.0. The summed E-state index contributed by atoms with van der Waals surface area (Å²) in [4.78, 5) is 36.6. The number of piperazine rings is 1. The molecule has 0 aliphatic carbocycles. The van der Waals surface area contributed by atoms with Crippen molar-refractivity contribution in [2.24, 2.45) is 0 Å². The molecule has 0 saturated carbocycles. The van der Waals surface area contributed by atoms with E-state index < -0.39 is 12.2 Å². The van der Waals surface area contributed by atoms with Crippen LogP contribution in [0.25, 0.3) is 0 Å². The first kappa shape index (κ1) is 31.5. The zero-order chi connectivity index (χ0) is 30.7. The van der Waals surface area contributed by atoms with Crippen molar-refractivity contribution < 1.29 is 29.4 Å². The summed E-state index contributed by atoms with van der Waals surface area (Å²) in [5, 5.41) is 20.9. The molecule has 2 aliphatic heterocycles. The van der Waals surface area contributed by atoms with Gasteiger partial charge in [-0.2, -0.15) is 0 Å². The summed E-state index contributed by atoms with van der Waals surface area (Å²) in [6, 6.07) is 17.5. The molecule has 12 heteroatoms. The van der Waals surface area contributed by atoms with Gasteiger partial charge in [-0.3, -0.25) is 19.7 Å². The number of aliphatic hydroxyl groups is 1. The van der Waals surface area contributed by atoms with Crippen LogP contribution in [0.4, 0.5) is 5.95 Å². The highest BCUT2D eigenvalue weighted by Crippen LogP contribution is 2.38. The Morgan fingerprint density at radius 2 is 1.52 bits per heavy atom. The van der Waals surface area contributed by atoms with Crippen LogP contribution < -0.4 is 15.7 Å². The van der Waals surface area contributed by atoms with Gasteiger partial charge in [-0.1, -0.05) is 48.5 Å². The number of hydrogen-bond acceptors (Lipinski definition) is 10. The first-order chi connectivity index (χ1) is 21.5. The molecule has 0 bridgehead atoms. The Bertz CT molecular complexity index is 1340. The average Bonchev–Trinajstić information content (AvgIpc) is 3.08. The Balaban J connectivity index is 1.20. The maximum Gasteiger partial charge on any atom is 0.243 e. The minimum absolute atomic E-state index is 0.00612. The molecule has 2 saturated heterocycles. The highest BCUT2D eigenvalue weighted by molar-refractivity contribution is 5.78. The number of nitrogens with zero attached hydrogens (tertiary/aromatic N) is 4. The zero-order valence-electron chi connectivity index (χ0n) is 24.7. The molecule has 0 unspecified atom stereocenters. The number of rotatable bonds is 12. The predicted molar refractivity (Wildman–Crippen MR) is 161 cm³/mol. The molecule has 2 fully saturated rings. The Labute approximate surface area is 257 Å². The van der Waals surface area contributed by atoms with E-state index in [1.165, 1.54) is 0 Å². The summed E-state index contributed by atoms with van der Waals surface area (Å²) in [7, 11) is 0. The fourth-order valence-corrected chi connectivity index (χ4v) is 5.45.